The molecule has 2 aromatic heterocycles. The molecule has 1 aliphatic carbocycles. The number of methoxy groups -OCH3 is 1. The summed E-state index contributed by atoms with van der Waals surface area (Å²) in [6.07, 6.45) is 6.47. The molecule has 0 aromatic carbocycles. The van der Waals surface area contributed by atoms with Crippen LogP contribution in [0.15, 0.2) is 80.9 Å². The largest absolute Gasteiger partial charge is 0.383 e. The van der Waals surface area contributed by atoms with E-state index >= 15 is 0 Å². The lowest BCUT2D eigenvalue weighted by atomic mass is 9.89. The zero-order valence-corrected chi connectivity index (χ0v) is 18.9. The molecule has 176 valence electrons. The molecule has 2 aromatic rings. The first-order valence-electron chi connectivity index (χ1n) is 10.7. The number of amides is 1. The second kappa shape index (κ2) is 9.71. The van der Waals surface area contributed by atoms with Gasteiger partial charge in [0.1, 0.15) is 23.2 Å². The Kier molecular flexibility index (Phi) is 6.55. The van der Waals surface area contributed by atoms with Gasteiger partial charge in [-0.25, -0.2) is 9.98 Å². The number of hydrogen-bond acceptors (Lipinski definition) is 9. The van der Waals surface area contributed by atoms with Crippen molar-refractivity contribution in [2.45, 2.75) is 31.9 Å². The highest BCUT2D eigenvalue weighted by Crippen LogP contribution is 2.25. The molecule has 11 heteroatoms. The Labute approximate surface area is 196 Å². The molecule has 2 atom stereocenters. The van der Waals surface area contributed by atoms with Crippen molar-refractivity contribution in [3.63, 3.8) is 0 Å². The van der Waals surface area contributed by atoms with Crippen LogP contribution in [0.2, 0.25) is 0 Å². The van der Waals surface area contributed by atoms with E-state index in [1.54, 1.807) is 56.8 Å². The van der Waals surface area contributed by atoms with Crippen LogP contribution in [0.4, 0.5) is 5.69 Å². The third kappa shape index (κ3) is 4.46. The summed E-state index contributed by atoms with van der Waals surface area (Å²) in [7, 11) is 1.62. The molecule has 4 rings (SSSR count). The standard InChI is InChI=1S/C23H26N8O3/c1-14(22(32)28-15-9-10-17(15)34-3)21-29-19(13-18(24)31(21)25-2)27-16-7-6-12-30(23(16)33)20-8-4-5-11-26-20/h4-8,11-13,15,17H,2,9-10,24H2,1,3H3,(H,27,29)(H,28,32)/b21-14+/t15-,17-/m1/s1. The fourth-order valence-corrected chi connectivity index (χ4v) is 3.67. The third-order valence-electron chi connectivity index (χ3n) is 5.71. The van der Waals surface area contributed by atoms with E-state index in [-0.39, 0.29) is 46.8 Å². The van der Waals surface area contributed by atoms with Gasteiger partial charge in [-0.1, -0.05) is 6.07 Å². The Bertz CT molecular complexity index is 1250. The Morgan fingerprint density at radius 2 is 2.12 bits per heavy atom. The molecule has 34 heavy (non-hydrogen) atoms. The van der Waals surface area contributed by atoms with E-state index in [4.69, 9.17) is 10.5 Å². The van der Waals surface area contributed by atoms with E-state index in [1.807, 2.05) is 0 Å². The number of rotatable bonds is 6. The maximum Gasteiger partial charge on any atom is 0.279 e. The highest BCUT2D eigenvalue weighted by molar-refractivity contribution is 6.06. The third-order valence-corrected chi connectivity index (χ3v) is 5.71. The molecular weight excluding hydrogens is 436 g/mol. The Hall–Kier alpha value is -4.25. The molecule has 0 spiro atoms. The number of aromatic nitrogens is 2. The minimum absolute atomic E-state index is 0.00760. The number of carbonyl (C=O) groups excluding carboxylic acids is 1. The predicted octanol–water partition coefficient (Wildman–Crippen LogP) is 1.30. The van der Waals surface area contributed by atoms with Crippen molar-refractivity contribution in [2.24, 2.45) is 15.8 Å². The van der Waals surface area contributed by atoms with Gasteiger partial charge in [-0.05, 0) is 44.0 Å². The molecule has 2 aliphatic rings. The quantitative estimate of drug-likeness (QED) is 0.434. The Balaban J connectivity index is 1.64. The molecule has 1 fully saturated rings. The zero-order valence-electron chi connectivity index (χ0n) is 18.9. The number of hydrogen-bond donors (Lipinski definition) is 3. The van der Waals surface area contributed by atoms with Gasteiger partial charge in [0.25, 0.3) is 11.5 Å². The molecule has 11 nitrogen and oxygen atoms in total. The van der Waals surface area contributed by atoms with Crippen LogP contribution < -0.4 is 21.9 Å². The number of amidine groups is 1. The van der Waals surface area contributed by atoms with Crippen LogP contribution in [0.5, 0.6) is 0 Å². The fourth-order valence-electron chi connectivity index (χ4n) is 3.67. The van der Waals surface area contributed by atoms with Crippen molar-refractivity contribution < 1.29 is 9.53 Å². The Morgan fingerprint density at radius 1 is 1.29 bits per heavy atom. The maximum atomic E-state index is 13.0. The van der Waals surface area contributed by atoms with Gasteiger partial charge in [0.2, 0.25) is 0 Å². The average molecular weight is 463 g/mol. The molecule has 0 unspecified atom stereocenters. The minimum Gasteiger partial charge on any atom is -0.383 e. The lowest BCUT2D eigenvalue weighted by Crippen LogP contribution is -2.51. The van der Waals surface area contributed by atoms with E-state index in [9.17, 15) is 9.59 Å². The number of pyridine rings is 2. The van der Waals surface area contributed by atoms with Gasteiger partial charge in [0, 0.05) is 32.3 Å². The molecular formula is C23H26N8O3. The number of aliphatic imine (C=N–C) groups is 1. The number of ether oxygens (including phenoxy) is 1. The molecule has 3 heterocycles. The van der Waals surface area contributed by atoms with Gasteiger partial charge in [-0.15, -0.1) is 0 Å². The topological polar surface area (TPSA) is 139 Å². The van der Waals surface area contributed by atoms with Gasteiger partial charge in [-0.2, -0.15) is 10.1 Å². The van der Waals surface area contributed by atoms with E-state index < -0.39 is 0 Å². The summed E-state index contributed by atoms with van der Waals surface area (Å²) in [4.78, 5) is 34.6. The van der Waals surface area contributed by atoms with Gasteiger partial charge >= 0.3 is 0 Å². The van der Waals surface area contributed by atoms with Crippen molar-refractivity contribution in [2.75, 3.05) is 12.4 Å². The number of carbonyl (C=O) groups is 1. The van der Waals surface area contributed by atoms with E-state index in [1.165, 1.54) is 15.7 Å². The fraction of sp³-hybridized carbons (Fsp3) is 0.261. The number of anilines is 1. The van der Waals surface area contributed by atoms with Gasteiger partial charge in [0.15, 0.2) is 5.82 Å². The molecule has 0 bridgehead atoms. The van der Waals surface area contributed by atoms with Crippen LogP contribution >= 0.6 is 0 Å². The van der Waals surface area contributed by atoms with E-state index in [0.717, 1.165) is 12.8 Å². The van der Waals surface area contributed by atoms with Gasteiger partial charge in [-0.3, -0.25) is 14.2 Å². The lowest BCUT2D eigenvalue weighted by Gasteiger charge is -2.36. The molecule has 1 saturated carbocycles. The van der Waals surface area contributed by atoms with Crippen molar-refractivity contribution in [1.82, 2.24) is 19.9 Å². The number of hydrazone groups is 1. The summed E-state index contributed by atoms with van der Waals surface area (Å²) in [5.74, 6) is 0.829. The van der Waals surface area contributed by atoms with Crippen LogP contribution in [0.1, 0.15) is 19.8 Å². The highest BCUT2D eigenvalue weighted by Gasteiger charge is 2.33. The highest BCUT2D eigenvalue weighted by atomic mass is 16.5. The monoisotopic (exact) mass is 462 g/mol. The summed E-state index contributed by atoms with van der Waals surface area (Å²) in [6.45, 7) is 5.15. The Morgan fingerprint density at radius 3 is 2.76 bits per heavy atom. The van der Waals surface area contributed by atoms with Crippen molar-refractivity contribution in [1.29, 1.82) is 0 Å². The average Bonchev–Trinajstić information content (AvgIpc) is 2.83. The summed E-state index contributed by atoms with van der Waals surface area (Å²) < 4.78 is 6.76. The number of nitrogens with one attached hydrogen (secondary N) is 2. The molecule has 0 radical (unpaired) electrons. The number of nitrogens with zero attached hydrogens (tertiary/aromatic N) is 5. The summed E-state index contributed by atoms with van der Waals surface area (Å²) >= 11 is 0. The second-order valence-electron chi connectivity index (χ2n) is 7.81. The minimum atomic E-state index is -0.323. The molecule has 4 N–H and O–H groups in total. The van der Waals surface area contributed by atoms with Crippen LogP contribution in [-0.2, 0) is 9.53 Å². The first-order chi connectivity index (χ1) is 16.4. The van der Waals surface area contributed by atoms with Gasteiger partial charge in [0.05, 0.1) is 17.7 Å². The first kappa shape index (κ1) is 22.9. The van der Waals surface area contributed by atoms with E-state index in [0.29, 0.717) is 11.4 Å². The maximum absolute atomic E-state index is 13.0. The normalized spacial score (nSPS) is 21.1. The van der Waals surface area contributed by atoms with Crippen LogP contribution in [0.3, 0.4) is 0 Å². The van der Waals surface area contributed by atoms with Crippen molar-refractivity contribution in [3.05, 3.63) is 76.4 Å². The van der Waals surface area contributed by atoms with Crippen LogP contribution in [0, 0.1) is 0 Å². The summed E-state index contributed by atoms with van der Waals surface area (Å²) in [5.41, 5.74) is 6.39. The zero-order chi connectivity index (χ0) is 24.2. The summed E-state index contributed by atoms with van der Waals surface area (Å²) in [6, 6.07) is 8.57. The van der Waals surface area contributed by atoms with Crippen LogP contribution in [-0.4, -0.2) is 52.3 Å². The second-order valence-corrected chi connectivity index (χ2v) is 7.81. The van der Waals surface area contributed by atoms with Crippen molar-refractivity contribution >= 4 is 24.1 Å². The smallest absolute Gasteiger partial charge is 0.279 e. The summed E-state index contributed by atoms with van der Waals surface area (Å²) in [5, 5.41) is 11.1. The molecule has 1 aliphatic heterocycles. The van der Waals surface area contributed by atoms with E-state index in [2.05, 4.69) is 32.4 Å². The first-order valence-corrected chi connectivity index (χ1v) is 10.7. The SMILES string of the molecule is C=NN1C(N)=CC(Nc2cccn(-c3ccccn3)c2=O)=N/C1=C(/C)C(=O)N[C@@H]1CC[C@H]1OC. The van der Waals surface area contributed by atoms with Crippen molar-refractivity contribution in [3.8, 4) is 5.82 Å². The van der Waals surface area contributed by atoms with Crippen LogP contribution in [0.25, 0.3) is 5.82 Å². The molecule has 1 amide bonds. The lowest BCUT2D eigenvalue weighted by molar-refractivity contribution is -0.120. The molecule has 0 saturated heterocycles. The van der Waals surface area contributed by atoms with Gasteiger partial charge < -0.3 is 21.1 Å². The number of nitrogens with two attached hydrogens (primary N) is 1. The predicted molar refractivity (Wildman–Crippen MR) is 129 cm³/mol.